The molecule has 0 aliphatic carbocycles. The Hall–Kier alpha value is -2.69. The highest BCUT2D eigenvalue weighted by Gasteiger charge is 2.25. The van der Waals surface area contributed by atoms with E-state index in [1.165, 1.54) is 17.7 Å². The van der Waals surface area contributed by atoms with Crippen LogP contribution < -0.4 is 5.32 Å². The molecule has 0 aliphatic rings. The molecule has 5 heteroatoms. The topological polar surface area (TPSA) is 49.4 Å². The van der Waals surface area contributed by atoms with Crippen molar-refractivity contribution in [3.8, 4) is 0 Å². The van der Waals surface area contributed by atoms with E-state index in [2.05, 4.69) is 5.32 Å². The fourth-order valence-corrected chi connectivity index (χ4v) is 2.91. The van der Waals surface area contributed by atoms with Crippen molar-refractivity contribution in [1.82, 2.24) is 10.2 Å². The second kappa shape index (κ2) is 10.6. The van der Waals surface area contributed by atoms with Crippen LogP contribution >= 0.6 is 0 Å². The summed E-state index contributed by atoms with van der Waals surface area (Å²) in [6.45, 7) is 6.58. The van der Waals surface area contributed by atoms with E-state index in [0.29, 0.717) is 19.4 Å². The van der Waals surface area contributed by atoms with Crippen molar-refractivity contribution in [3.63, 3.8) is 0 Å². The van der Waals surface area contributed by atoms with E-state index in [0.717, 1.165) is 17.5 Å². The van der Waals surface area contributed by atoms with E-state index in [4.69, 9.17) is 0 Å². The van der Waals surface area contributed by atoms with Crippen LogP contribution in [-0.4, -0.2) is 29.3 Å². The summed E-state index contributed by atoms with van der Waals surface area (Å²) < 4.78 is 13.2. The highest BCUT2D eigenvalue weighted by atomic mass is 19.1. The molecule has 0 aliphatic heterocycles. The monoisotopic (exact) mass is 384 g/mol. The second-order valence-corrected chi connectivity index (χ2v) is 7.10. The highest BCUT2D eigenvalue weighted by molar-refractivity contribution is 5.87. The first-order valence-electron chi connectivity index (χ1n) is 9.78. The van der Waals surface area contributed by atoms with Gasteiger partial charge in [0.1, 0.15) is 11.9 Å². The van der Waals surface area contributed by atoms with Crippen molar-refractivity contribution in [1.29, 1.82) is 0 Å². The number of carbonyl (C=O) groups excluding carboxylic acids is 2. The molecule has 1 N–H and O–H groups in total. The average Bonchev–Trinajstić information content (AvgIpc) is 2.70. The maximum absolute atomic E-state index is 13.2. The number of aryl methyl sites for hydroxylation is 2. The Labute approximate surface area is 166 Å². The number of hydrogen-bond acceptors (Lipinski definition) is 2. The van der Waals surface area contributed by atoms with Crippen LogP contribution in [0.1, 0.15) is 43.4 Å². The molecule has 0 saturated carbocycles. The zero-order valence-corrected chi connectivity index (χ0v) is 16.9. The Morgan fingerprint density at radius 2 is 1.64 bits per heavy atom. The summed E-state index contributed by atoms with van der Waals surface area (Å²) in [5.74, 6) is -0.591. The summed E-state index contributed by atoms with van der Waals surface area (Å²) in [7, 11) is 0. The van der Waals surface area contributed by atoms with Crippen molar-refractivity contribution < 1.29 is 14.0 Å². The molecule has 2 amide bonds. The van der Waals surface area contributed by atoms with Gasteiger partial charge in [0.15, 0.2) is 0 Å². The van der Waals surface area contributed by atoms with Gasteiger partial charge in [0.2, 0.25) is 11.8 Å². The Bertz CT molecular complexity index is 772. The minimum Gasteiger partial charge on any atom is -0.354 e. The summed E-state index contributed by atoms with van der Waals surface area (Å²) in [6, 6.07) is 13.5. The van der Waals surface area contributed by atoms with Gasteiger partial charge in [0.25, 0.3) is 0 Å². The molecule has 0 aromatic heterocycles. The summed E-state index contributed by atoms with van der Waals surface area (Å²) in [6.07, 6.45) is 1.76. The van der Waals surface area contributed by atoms with Crippen LogP contribution in [-0.2, 0) is 22.6 Å². The van der Waals surface area contributed by atoms with Crippen LogP contribution in [0.4, 0.5) is 4.39 Å². The molecule has 2 rings (SSSR count). The first-order chi connectivity index (χ1) is 13.4. The molecule has 2 aromatic rings. The minimum atomic E-state index is -0.595. The van der Waals surface area contributed by atoms with Crippen LogP contribution in [0, 0.1) is 12.7 Å². The van der Waals surface area contributed by atoms with Gasteiger partial charge in [0.05, 0.1) is 0 Å². The molecule has 28 heavy (non-hydrogen) atoms. The van der Waals surface area contributed by atoms with Crippen molar-refractivity contribution in [2.75, 3.05) is 6.54 Å². The molecule has 0 fully saturated rings. The summed E-state index contributed by atoms with van der Waals surface area (Å²) in [5.41, 5.74) is 3.05. The fourth-order valence-electron chi connectivity index (χ4n) is 2.91. The van der Waals surface area contributed by atoms with Gasteiger partial charge in [-0.2, -0.15) is 0 Å². The molecule has 1 atom stereocenters. The zero-order chi connectivity index (χ0) is 20.5. The summed E-state index contributed by atoms with van der Waals surface area (Å²) >= 11 is 0. The predicted molar refractivity (Wildman–Crippen MR) is 109 cm³/mol. The molecule has 0 spiro atoms. The average molecular weight is 384 g/mol. The number of benzene rings is 2. The molecule has 0 saturated heterocycles. The van der Waals surface area contributed by atoms with Crippen LogP contribution in [0.5, 0.6) is 0 Å². The van der Waals surface area contributed by atoms with Gasteiger partial charge in [-0.3, -0.25) is 9.59 Å². The fraction of sp³-hybridized carbons (Fsp3) is 0.391. The largest absolute Gasteiger partial charge is 0.354 e. The van der Waals surface area contributed by atoms with Crippen LogP contribution in [0.25, 0.3) is 0 Å². The molecular formula is C23H29FN2O2. The number of hydrogen-bond donors (Lipinski definition) is 1. The van der Waals surface area contributed by atoms with Crippen LogP contribution in [0.15, 0.2) is 48.5 Å². The number of halogens is 1. The lowest BCUT2D eigenvalue weighted by Gasteiger charge is -2.29. The van der Waals surface area contributed by atoms with Gasteiger partial charge in [-0.05, 0) is 49.9 Å². The Balaban J connectivity index is 2.10. The Morgan fingerprint density at radius 1 is 1.04 bits per heavy atom. The normalized spacial score (nSPS) is 11.7. The van der Waals surface area contributed by atoms with E-state index in [1.807, 2.05) is 38.1 Å². The Morgan fingerprint density at radius 3 is 2.25 bits per heavy atom. The molecule has 4 nitrogen and oxygen atoms in total. The molecular weight excluding hydrogens is 355 g/mol. The SMILES string of the molecule is CCCNC(=O)[C@H](C)N(Cc1ccc(F)cc1)C(=O)CCc1ccc(C)cc1. The van der Waals surface area contributed by atoms with Crippen molar-refractivity contribution in [2.24, 2.45) is 0 Å². The zero-order valence-electron chi connectivity index (χ0n) is 16.9. The molecule has 0 unspecified atom stereocenters. The van der Waals surface area contributed by atoms with Gasteiger partial charge in [-0.1, -0.05) is 48.9 Å². The van der Waals surface area contributed by atoms with Gasteiger partial charge in [0, 0.05) is 19.5 Å². The number of nitrogens with zero attached hydrogens (tertiary/aromatic N) is 1. The van der Waals surface area contributed by atoms with Crippen molar-refractivity contribution in [3.05, 3.63) is 71.0 Å². The quantitative estimate of drug-likeness (QED) is 0.710. The summed E-state index contributed by atoms with van der Waals surface area (Å²) in [4.78, 5) is 27.0. The standard InChI is InChI=1S/C23H29FN2O2/c1-4-15-25-23(28)18(3)26(16-20-9-12-21(24)13-10-20)22(27)14-11-19-7-5-17(2)6-8-19/h5-10,12-13,18H,4,11,14-16H2,1-3H3,(H,25,28)/t18-/m0/s1. The first-order valence-corrected chi connectivity index (χ1v) is 9.78. The van der Waals surface area contributed by atoms with E-state index in [1.54, 1.807) is 24.0 Å². The molecule has 0 bridgehead atoms. The van der Waals surface area contributed by atoms with Gasteiger partial charge in [-0.25, -0.2) is 4.39 Å². The lowest BCUT2D eigenvalue weighted by atomic mass is 10.1. The maximum atomic E-state index is 13.2. The van der Waals surface area contributed by atoms with Crippen LogP contribution in [0.3, 0.4) is 0 Å². The van der Waals surface area contributed by atoms with E-state index >= 15 is 0 Å². The second-order valence-electron chi connectivity index (χ2n) is 7.10. The van der Waals surface area contributed by atoms with Crippen molar-refractivity contribution in [2.45, 2.75) is 52.6 Å². The maximum Gasteiger partial charge on any atom is 0.242 e. The third-order valence-corrected chi connectivity index (χ3v) is 4.73. The molecule has 150 valence electrons. The van der Waals surface area contributed by atoms with Crippen molar-refractivity contribution >= 4 is 11.8 Å². The Kier molecular flexibility index (Phi) is 8.18. The third-order valence-electron chi connectivity index (χ3n) is 4.73. The number of amides is 2. The molecule has 0 heterocycles. The predicted octanol–water partition coefficient (Wildman–Crippen LogP) is 4.01. The van der Waals surface area contributed by atoms with Gasteiger partial charge >= 0.3 is 0 Å². The molecule has 2 aromatic carbocycles. The van der Waals surface area contributed by atoms with Gasteiger partial charge in [-0.15, -0.1) is 0 Å². The smallest absolute Gasteiger partial charge is 0.242 e. The van der Waals surface area contributed by atoms with Crippen LogP contribution in [0.2, 0.25) is 0 Å². The van der Waals surface area contributed by atoms with E-state index in [9.17, 15) is 14.0 Å². The lowest BCUT2D eigenvalue weighted by Crippen LogP contribution is -2.47. The minimum absolute atomic E-state index is 0.0935. The lowest BCUT2D eigenvalue weighted by molar-refractivity contribution is -0.140. The number of rotatable bonds is 9. The van der Waals surface area contributed by atoms with E-state index < -0.39 is 6.04 Å². The van der Waals surface area contributed by atoms with Gasteiger partial charge < -0.3 is 10.2 Å². The summed E-state index contributed by atoms with van der Waals surface area (Å²) in [5, 5.41) is 2.85. The third kappa shape index (κ3) is 6.48. The number of nitrogens with one attached hydrogen (secondary N) is 1. The highest BCUT2D eigenvalue weighted by Crippen LogP contribution is 2.14. The first kappa shape index (κ1) is 21.6. The number of carbonyl (C=O) groups is 2. The van der Waals surface area contributed by atoms with E-state index in [-0.39, 0.29) is 24.2 Å². The molecule has 0 radical (unpaired) electrons.